The molecule has 0 aliphatic heterocycles. The molecule has 10 heteroatoms. The summed E-state index contributed by atoms with van der Waals surface area (Å²) in [6.45, 7) is 0. The number of hydrogen-bond acceptors (Lipinski definition) is 7. The number of benzene rings is 3. The molecule has 4 aromatic rings. The summed E-state index contributed by atoms with van der Waals surface area (Å²) in [5, 5.41) is 3.16. The molecule has 0 unspecified atom stereocenters. The lowest BCUT2D eigenvalue weighted by molar-refractivity contribution is 0.102. The van der Waals surface area contributed by atoms with Gasteiger partial charge in [-0.3, -0.25) is 9.59 Å². The average molecular weight is 494 g/mol. The Morgan fingerprint density at radius 2 is 1.51 bits per heavy atom. The molecule has 1 amide bonds. The van der Waals surface area contributed by atoms with Crippen molar-refractivity contribution >= 4 is 34.7 Å². The number of hydrogen-bond donors (Lipinski definition) is 2. The van der Waals surface area contributed by atoms with Gasteiger partial charge in [-0.05, 0) is 54.7 Å². The van der Waals surface area contributed by atoms with E-state index in [1.54, 1.807) is 54.6 Å². The Bertz CT molecular complexity index is 1540. The Labute approximate surface area is 205 Å². The molecule has 35 heavy (non-hydrogen) atoms. The smallest absolute Gasteiger partial charge is 0.266 e. The molecule has 1 aromatic heterocycles. The monoisotopic (exact) mass is 493 g/mol. The van der Waals surface area contributed by atoms with Gasteiger partial charge in [-0.2, -0.15) is 0 Å². The second-order valence-electron chi connectivity index (χ2n) is 7.39. The van der Waals surface area contributed by atoms with Gasteiger partial charge in [0.25, 0.3) is 11.5 Å². The molecule has 3 aromatic carbocycles. The quantitative estimate of drug-likeness (QED) is 0.369. The van der Waals surface area contributed by atoms with Gasteiger partial charge in [0.05, 0.1) is 50.7 Å². The average Bonchev–Trinajstić information content (AvgIpc) is 2.88. The van der Waals surface area contributed by atoms with Gasteiger partial charge in [0.15, 0.2) is 4.77 Å². The van der Waals surface area contributed by atoms with Crippen molar-refractivity contribution in [3.05, 3.63) is 75.3 Å². The number of carbonyl (C=O) groups is 1. The minimum Gasteiger partial charge on any atom is -0.497 e. The molecule has 0 aliphatic carbocycles. The van der Waals surface area contributed by atoms with E-state index < -0.39 is 5.91 Å². The van der Waals surface area contributed by atoms with Gasteiger partial charge in [-0.1, -0.05) is 0 Å². The summed E-state index contributed by atoms with van der Waals surface area (Å²) in [6, 6.07) is 14.9. The lowest BCUT2D eigenvalue weighted by atomic mass is 10.1. The van der Waals surface area contributed by atoms with E-state index in [2.05, 4.69) is 10.3 Å². The van der Waals surface area contributed by atoms with Crippen LogP contribution in [0, 0.1) is 4.77 Å². The predicted octanol–water partition coefficient (Wildman–Crippen LogP) is 4.33. The van der Waals surface area contributed by atoms with Crippen molar-refractivity contribution in [2.45, 2.75) is 0 Å². The molecule has 0 fully saturated rings. The van der Waals surface area contributed by atoms with Crippen molar-refractivity contribution in [3.63, 3.8) is 0 Å². The fourth-order valence-electron chi connectivity index (χ4n) is 3.66. The Kier molecular flexibility index (Phi) is 6.74. The summed E-state index contributed by atoms with van der Waals surface area (Å²) < 4.78 is 22.7. The maximum atomic E-state index is 13.4. The molecule has 0 saturated carbocycles. The second-order valence-corrected chi connectivity index (χ2v) is 7.78. The van der Waals surface area contributed by atoms with Crippen LogP contribution in [0.15, 0.2) is 59.4 Å². The van der Waals surface area contributed by atoms with Gasteiger partial charge >= 0.3 is 0 Å². The third-order valence-electron chi connectivity index (χ3n) is 5.44. The largest absolute Gasteiger partial charge is 0.497 e. The SMILES string of the molecule is COc1ccc(OC)c(NC(=O)c2ccc3c(=O)n(-c4cc(OC)ccc4OC)c(=S)[nH]c3c2)c1. The maximum absolute atomic E-state index is 13.4. The molecule has 1 heterocycles. The summed E-state index contributed by atoms with van der Waals surface area (Å²) in [7, 11) is 6.08. The van der Waals surface area contributed by atoms with Crippen LogP contribution in [0.3, 0.4) is 0 Å². The first kappa shape index (κ1) is 23.8. The second kappa shape index (κ2) is 9.90. The van der Waals surface area contributed by atoms with E-state index in [0.717, 1.165) is 0 Å². The zero-order chi connectivity index (χ0) is 25.1. The minimum absolute atomic E-state index is 0.140. The Hall–Kier alpha value is -4.31. The van der Waals surface area contributed by atoms with E-state index in [-0.39, 0.29) is 10.3 Å². The van der Waals surface area contributed by atoms with Gasteiger partial charge < -0.3 is 29.2 Å². The highest BCUT2D eigenvalue weighted by molar-refractivity contribution is 7.71. The van der Waals surface area contributed by atoms with Gasteiger partial charge in [-0.15, -0.1) is 0 Å². The molecule has 2 N–H and O–H groups in total. The number of aromatic nitrogens is 2. The maximum Gasteiger partial charge on any atom is 0.266 e. The topological polar surface area (TPSA) is 104 Å². The molecule has 0 saturated heterocycles. The summed E-state index contributed by atoms with van der Waals surface area (Å²) in [4.78, 5) is 29.4. The lowest BCUT2D eigenvalue weighted by Gasteiger charge is -2.14. The lowest BCUT2D eigenvalue weighted by Crippen LogP contribution is -2.21. The van der Waals surface area contributed by atoms with Gasteiger partial charge in [0.1, 0.15) is 23.0 Å². The van der Waals surface area contributed by atoms with Crippen LogP contribution in [-0.4, -0.2) is 43.9 Å². The van der Waals surface area contributed by atoms with Crippen LogP contribution in [0.1, 0.15) is 10.4 Å². The predicted molar refractivity (Wildman–Crippen MR) is 135 cm³/mol. The van der Waals surface area contributed by atoms with Crippen LogP contribution in [0.25, 0.3) is 16.6 Å². The number of anilines is 1. The van der Waals surface area contributed by atoms with Crippen LogP contribution in [-0.2, 0) is 0 Å². The Morgan fingerprint density at radius 3 is 2.17 bits per heavy atom. The van der Waals surface area contributed by atoms with Crippen molar-refractivity contribution in [2.24, 2.45) is 0 Å². The Morgan fingerprint density at radius 1 is 0.857 bits per heavy atom. The van der Waals surface area contributed by atoms with Crippen LogP contribution in [0.4, 0.5) is 5.69 Å². The molecule has 0 aliphatic rings. The first-order valence-electron chi connectivity index (χ1n) is 10.4. The minimum atomic E-state index is -0.392. The van der Waals surface area contributed by atoms with E-state index in [9.17, 15) is 9.59 Å². The Balaban J connectivity index is 1.76. The number of amides is 1. The van der Waals surface area contributed by atoms with Crippen molar-refractivity contribution < 1.29 is 23.7 Å². The fourth-order valence-corrected chi connectivity index (χ4v) is 3.95. The van der Waals surface area contributed by atoms with E-state index in [1.165, 1.54) is 33.0 Å². The summed E-state index contributed by atoms with van der Waals surface area (Å²) in [5.41, 5.74) is 1.27. The zero-order valence-electron chi connectivity index (χ0n) is 19.5. The number of aromatic amines is 1. The first-order chi connectivity index (χ1) is 16.9. The van der Waals surface area contributed by atoms with Gasteiger partial charge in [-0.25, -0.2) is 4.57 Å². The molecule has 180 valence electrons. The number of nitrogens with one attached hydrogen (secondary N) is 2. The number of methoxy groups -OCH3 is 4. The van der Waals surface area contributed by atoms with Crippen molar-refractivity contribution in [2.75, 3.05) is 33.8 Å². The molecular weight excluding hydrogens is 470 g/mol. The summed E-state index contributed by atoms with van der Waals surface area (Å²) in [6.07, 6.45) is 0. The summed E-state index contributed by atoms with van der Waals surface area (Å²) in [5.74, 6) is 1.65. The molecule has 9 nitrogen and oxygen atoms in total. The van der Waals surface area contributed by atoms with Gasteiger partial charge in [0, 0.05) is 17.7 Å². The van der Waals surface area contributed by atoms with E-state index in [0.29, 0.717) is 50.8 Å². The highest BCUT2D eigenvalue weighted by atomic mass is 32.1. The highest BCUT2D eigenvalue weighted by Crippen LogP contribution is 2.30. The third-order valence-corrected chi connectivity index (χ3v) is 5.73. The number of fused-ring (bicyclic) bond motifs is 1. The van der Waals surface area contributed by atoms with E-state index in [4.69, 9.17) is 31.2 Å². The third kappa shape index (κ3) is 4.56. The van der Waals surface area contributed by atoms with E-state index in [1.807, 2.05) is 0 Å². The molecule has 0 bridgehead atoms. The summed E-state index contributed by atoms with van der Waals surface area (Å²) >= 11 is 5.49. The molecule has 0 radical (unpaired) electrons. The molecule has 4 rings (SSSR count). The zero-order valence-corrected chi connectivity index (χ0v) is 20.3. The van der Waals surface area contributed by atoms with Crippen LogP contribution >= 0.6 is 12.2 Å². The number of H-pyrrole nitrogens is 1. The highest BCUT2D eigenvalue weighted by Gasteiger charge is 2.16. The van der Waals surface area contributed by atoms with Crippen LogP contribution in [0.2, 0.25) is 0 Å². The van der Waals surface area contributed by atoms with Crippen molar-refractivity contribution in [3.8, 4) is 28.7 Å². The normalized spacial score (nSPS) is 10.6. The number of carbonyl (C=O) groups excluding carboxylic acids is 1. The van der Waals surface area contributed by atoms with Crippen LogP contribution < -0.4 is 29.8 Å². The standard InChI is InChI=1S/C25H23N3O6S/c1-31-15-6-9-21(33-3)19(12-15)26-23(29)14-5-8-17-18(11-14)27-25(35)28(24(17)30)20-13-16(32-2)7-10-22(20)34-4/h5-13H,1-4H3,(H,26,29)(H,27,35). The number of rotatable bonds is 7. The van der Waals surface area contributed by atoms with Gasteiger partial charge in [0.2, 0.25) is 0 Å². The first-order valence-corrected chi connectivity index (χ1v) is 10.9. The fraction of sp³-hybridized carbons (Fsp3) is 0.160. The molecule has 0 atom stereocenters. The number of nitrogens with zero attached hydrogens (tertiary/aromatic N) is 1. The van der Waals surface area contributed by atoms with E-state index >= 15 is 0 Å². The van der Waals surface area contributed by atoms with Crippen molar-refractivity contribution in [1.82, 2.24) is 9.55 Å². The number of ether oxygens (including phenoxy) is 4. The van der Waals surface area contributed by atoms with Crippen LogP contribution in [0.5, 0.6) is 23.0 Å². The van der Waals surface area contributed by atoms with Crippen molar-refractivity contribution in [1.29, 1.82) is 0 Å². The molecule has 0 spiro atoms. The molecular formula is C25H23N3O6S.